The van der Waals surface area contributed by atoms with Crippen LogP contribution in [0.15, 0.2) is 39.9 Å². The number of hydrogen-bond donors (Lipinski definition) is 2. The lowest BCUT2D eigenvalue weighted by molar-refractivity contribution is -0.141. The number of aromatic nitrogens is 3. The maximum Gasteiger partial charge on any atom is 0.329 e. The van der Waals surface area contributed by atoms with Gasteiger partial charge in [-0.25, -0.2) is 14.2 Å². The van der Waals surface area contributed by atoms with E-state index in [0.29, 0.717) is 23.7 Å². The van der Waals surface area contributed by atoms with Crippen molar-refractivity contribution in [3.05, 3.63) is 72.7 Å². The molecule has 2 N–H and O–H groups in total. The van der Waals surface area contributed by atoms with Crippen molar-refractivity contribution in [2.75, 3.05) is 0 Å². The van der Waals surface area contributed by atoms with Crippen LogP contribution in [0.25, 0.3) is 21.8 Å². The molecule has 32 heavy (non-hydrogen) atoms. The molecule has 2 aromatic heterocycles. The standard InChI is InChI=1S/C24H25N3O4S/c1-4-5-6-19(23(29)30)27-22(28)16-8-7-15(11-17(16)25-24(27)31)12-20-21-14(3)9-13(2)10-18(21)26-32-20/h7-11,19H,4-6,12H2,1-3H3,(H,25,31)(H,29,30)/t19-/m1/s1. The summed E-state index contributed by atoms with van der Waals surface area (Å²) in [6, 6.07) is 8.34. The number of hydrogen-bond acceptors (Lipinski definition) is 5. The van der Waals surface area contributed by atoms with Gasteiger partial charge in [-0.1, -0.05) is 31.9 Å². The number of carboxylic acids is 1. The minimum atomic E-state index is -1.18. The molecule has 0 radical (unpaired) electrons. The lowest BCUT2D eigenvalue weighted by Gasteiger charge is -2.15. The number of aryl methyl sites for hydroxylation is 2. The van der Waals surface area contributed by atoms with Crippen LogP contribution in [0.3, 0.4) is 0 Å². The number of nitrogens with one attached hydrogen (secondary N) is 1. The second-order valence-corrected chi connectivity index (χ2v) is 9.10. The third kappa shape index (κ3) is 3.98. The fraction of sp³-hybridized carbons (Fsp3) is 0.333. The second-order valence-electron chi connectivity index (χ2n) is 8.24. The van der Waals surface area contributed by atoms with Gasteiger partial charge in [0.05, 0.1) is 16.4 Å². The van der Waals surface area contributed by atoms with Crippen LogP contribution >= 0.6 is 11.5 Å². The van der Waals surface area contributed by atoms with Crippen molar-refractivity contribution < 1.29 is 9.90 Å². The van der Waals surface area contributed by atoms with Gasteiger partial charge in [-0.15, -0.1) is 0 Å². The number of benzene rings is 2. The summed E-state index contributed by atoms with van der Waals surface area (Å²) >= 11 is 1.46. The number of carbonyl (C=O) groups is 1. The van der Waals surface area contributed by atoms with Crippen LogP contribution in [0.5, 0.6) is 0 Å². The molecular formula is C24H25N3O4S. The minimum absolute atomic E-state index is 0.232. The molecule has 0 bridgehead atoms. The van der Waals surface area contributed by atoms with Gasteiger partial charge >= 0.3 is 11.7 Å². The molecule has 0 aliphatic heterocycles. The minimum Gasteiger partial charge on any atom is -0.480 e. The first-order valence-corrected chi connectivity index (χ1v) is 11.4. The van der Waals surface area contributed by atoms with Crippen LogP contribution in [0, 0.1) is 13.8 Å². The molecule has 0 fully saturated rings. The maximum absolute atomic E-state index is 13.0. The predicted molar refractivity (Wildman–Crippen MR) is 127 cm³/mol. The number of nitrogens with zero attached hydrogens (tertiary/aromatic N) is 2. The first-order valence-electron chi connectivity index (χ1n) is 10.7. The van der Waals surface area contributed by atoms with Crippen LogP contribution in [-0.2, 0) is 11.2 Å². The fourth-order valence-corrected chi connectivity index (χ4v) is 5.21. The smallest absolute Gasteiger partial charge is 0.329 e. The predicted octanol–water partition coefficient (Wildman–Crippen LogP) is 4.32. The molecule has 7 nitrogen and oxygen atoms in total. The molecule has 0 amide bonds. The van der Waals surface area contributed by atoms with Gasteiger partial charge in [0.15, 0.2) is 0 Å². The van der Waals surface area contributed by atoms with E-state index in [0.717, 1.165) is 32.3 Å². The van der Waals surface area contributed by atoms with Crippen LogP contribution < -0.4 is 11.2 Å². The second kappa shape index (κ2) is 8.70. The largest absolute Gasteiger partial charge is 0.480 e. The van der Waals surface area contributed by atoms with Crippen molar-refractivity contribution in [3.8, 4) is 0 Å². The summed E-state index contributed by atoms with van der Waals surface area (Å²) < 4.78 is 5.41. The molecule has 2 aromatic carbocycles. The van der Waals surface area contributed by atoms with Gasteiger partial charge < -0.3 is 10.1 Å². The average Bonchev–Trinajstić information content (AvgIpc) is 3.12. The van der Waals surface area contributed by atoms with Gasteiger partial charge in [0, 0.05) is 16.7 Å². The van der Waals surface area contributed by atoms with E-state index in [9.17, 15) is 19.5 Å². The normalized spacial score (nSPS) is 12.5. The molecule has 4 aromatic rings. The Bertz CT molecular complexity index is 1450. The van der Waals surface area contributed by atoms with E-state index in [-0.39, 0.29) is 6.42 Å². The summed E-state index contributed by atoms with van der Waals surface area (Å²) in [5, 5.41) is 11.0. The summed E-state index contributed by atoms with van der Waals surface area (Å²) in [5.74, 6) is -1.18. The quantitative estimate of drug-likeness (QED) is 0.435. The lowest BCUT2D eigenvalue weighted by atomic mass is 10.0. The molecular weight excluding hydrogens is 426 g/mol. The molecule has 0 aliphatic carbocycles. The van der Waals surface area contributed by atoms with Crippen molar-refractivity contribution in [2.45, 2.75) is 52.5 Å². The number of unbranched alkanes of at least 4 members (excludes halogenated alkanes) is 1. The number of rotatable bonds is 7. The summed E-state index contributed by atoms with van der Waals surface area (Å²) in [4.78, 5) is 41.2. The van der Waals surface area contributed by atoms with Crippen molar-refractivity contribution in [1.82, 2.24) is 13.9 Å². The summed E-state index contributed by atoms with van der Waals surface area (Å²) in [6.45, 7) is 6.06. The van der Waals surface area contributed by atoms with Crippen molar-refractivity contribution in [1.29, 1.82) is 0 Å². The Morgan fingerprint density at radius 3 is 2.72 bits per heavy atom. The zero-order valence-corrected chi connectivity index (χ0v) is 19.1. The van der Waals surface area contributed by atoms with Gasteiger partial charge in [-0.2, -0.15) is 4.37 Å². The van der Waals surface area contributed by atoms with Gasteiger partial charge in [0.25, 0.3) is 5.56 Å². The van der Waals surface area contributed by atoms with Gasteiger partial charge in [-0.05, 0) is 66.7 Å². The highest BCUT2D eigenvalue weighted by molar-refractivity contribution is 7.07. The van der Waals surface area contributed by atoms with E-state index >= 15 is 0 Å². The molecule has 2 heterocycles. The van der Waals surface area contributed by atoms with Crippen molar-refractivity contribution in [2.24, 2.45) is 0 Å². The van der Waals surface area contributed by atoms with E-state index in [1.165, 1.54) is 22.7 Å². The molecule has 0 saturated carbocycles. The Morgan fingerprint density at radius 1 is 1.22 bits per heavy atom. The Labute approximate surface area is 188 Å². The first kappa shape index (κ1) is 22.0. The number of aliphatic carboxylic acids is 1. The first-order chi connectivity index (χ1) is 15.3. The van der Waals surface area contributed by atoms with E-state index in [1.807, 2.05) is 13.0 Å². The third-order valence-electron chi connectivity index (χ3n) is 5.78. The zero-order valence-electron chi connectivity index (χ0n) is 18.3. The van der Waals surface area contributed by atoms with E-state index in [1.54, 1.807) is 12.1 Å². The molecule has 0 unspecified atom stereocenters. The Morgan fingerprint density at radius 2 is 2.00 bits per heavy atom. The SMILES string of the molecule is CCCC[C@H](C(=O)O)n1c(=O)[nH]c2cc(Cc3snc4cc(C)cc(C)c34)ccc2c1=O. The van der Waals surface area contributed by atoms with Gasteiger partial charge in [0.2, 0.25) is 0 Å². The summed E-state index contributed by atoms with van der Waals surface area (Å²) in [5.41, 5.74) is 3.40. The summed E-state index contributed by atoms with van der Waals surface area (Å²) in [6.07, 6.45) is 2.25. The maximum atomic E-state index is 13.0. The van der Waals surface area contributed by atoms with Crippen molar-refractivity contribution >= 4 is 39.3 Å². The van der Waals surface area contributed by atoms with Gasteiger partial charge in [-0.3, -0.25) is 4.79 Å². The Kier molecular flexibility index (Phi) is 5.97. The molecule has 166 valence electrons. The van der Waals surface area contributed by atoms with Crippen LogP contribution in [0.2, 0.25) is 0 Å². The van der Waals surface area contributed by atoms with Gasteiger partial charge in [0.1, 0.15) is 6.04 Å². The Balaban J connectivity index is 1.75. The highest BCUT2D eigenvalue weighted by Crippen LogP contribution is 2.29. The molecule has 4 rings (SSSR count). The lowest BCUT2D eigenvalue weighted by Crippen LogP contribution is -2.41. The molecule has 0 aliphatic rings. The number of aromatic amines is 1. The highest BCUT2D eigenvalue weighted by atomic mass is 32.1. The third-order valence-corrected chi connectivity index (χ3v) is 6.64. The molecule has 1 atom stereocenters. The van der Waals surface area contributed by atoms with E-state index in [4.69, 9.17) is 0 Å². The van der Waals surface area contributed by atoms with Crippen LogP contribution in [-0.4, -0.2) is 25.0 Å². The van der Waals surface area contributed by atoms with Crippen LogP contribution in [0.4, 0.5) is 0 Å². The average molecular weight is 452 g/mol. The molecule has 8 heteroatoms. The number of H-pyrrole nitrogens is 1. The Hall–Kier alpha value is -3.26. The zero-order chi connectivity index (χ0) is 23.0. The highest BCUT2D eigenvalue weighted by Gasteiger charge is 2.24. The monoisotopic (exact) mass is 451 g/mol. The van der Waals surface area contributed by atoms with E-state index < -0.39 is 23.3 Å². The number of fused-ring (bicyclic) bond motifs is 2. The van der Waals surface area contributed by atoms with Crippen molar-refractivity contribution in [3.63, 3.8) is 0 Å². The van der Waals surface area contributed by atoms with E-state index in [2.05, 4.69) is 35.3 Å². The number of carboxylic acid groups (broad SMARTS) is 1. The fourth-order valence-electron chi connectivity index (χ4n) is 4.27. The van der Waals surface area contributed by atoms with Crippen LogP contribution in [0.1, 0.15) is 53.8 Å². The summed E-state index contributed by atoms with van der Waals surface area (Å²) in [7, 11) is 0. The topological polar surface area (TPSA) is 105 Å². The molecule has 0 spiro atoms. The molecule has 0 saturated heterocycles.